The van der Waals surface area contributed by atoms with Crippen molar-refractivity contribution in [3.05, 3.63) is 75.0 Å². The van der Waals surface area contributed by atoms with Gasteiger partial charge in [-0.2, -0.15) is 0 Å². The first-order valence-electron chi connectivity index (χ1n) is 6.66. The largest absolute Gasteiger partial charge is 0.431 e. The molecule has 3 aromatic rings. The number of oxazole rings is 1. The van der Waals surface area contributed by atoms with Gasteiger partial charge in [-0.1, -0.05) is 30.3 Å². The Morgan fingerprint density at radius 2 is 1.75 bits per heavy atom. The average molecular weight is 343 g/mol. The van der Waals surface area contributed by atoms with Crippen LogP contribution in [0.1, 0.15) is 0 Å². The molecule has 3 rings (SSSR count). The lowest BCUT2D eigenvalue weighted by atomic mass is 10.2. The molecule has 120 valence electrons. The number of aromatic nitrogens is 1. The van der Waals surface area contributed by atoms with E-state index in [4.69, 9.17) is 4.42 Å². The molecule has 0 aliphatic carbocycles. The zero-order valence-corrected chi connectivity index (χ0v) is 12.8. The fourth-order valence-electron chi connectivity index (χ4n) is 1.98. The number of nitro groups is 2. The summed E-state index contributed by atoms with van der Waals surface area (Å²) in [4.78, 5) is 24.8. The van der Waals surface area contributed by atoms with E-state index in [1.54, 1.807) is 0 Å². The maximum absolute atomic E-state index is 11.1. The summed E-state index contributed by atoms with van der Waals surface area (Å²) in [6.07, 6.45) is 1.52. The van der Waals surface area contributed by atoms with Gasteiger partial charge in [0.25, 0.3) is 16.6 Å². The van der Waals surface area contributed by atoms with E-state index < -0.39 is 9.85 Å². The molecule has 2 aromatic carbocycles. The molecule has 24 heavy (non-hydrogen) atoms. The summed E-state index contributed by atoms with van der Waals surface area (Å²) < 4.78 is 5.58. The number of hydrogen-bond acceptors (Lipinski definition) is 7. The Labute approximate surface area is 139 Å². The van der Waals surface area contributed by atoms with Crippen molar-refractivity contribution in [2.45, 2.75) is 10.1 Å². The highest BCUT2D eigenvalue weighted by atomic mass is 32.2. The molecule has 1 heterocycles. The molecule has 0 aliphatic rings. The van der Waals surface area contributed by atoms with E-state index in [0.717, 1.165) is 23.4 Å². The quantitative estimate of drug-likeness (QED) is 0.501. The third-order valence-electron chi connectivity index (χ3n) is 3.09. The fraction of sp³-hybridized carbons (Fsp3) is 0. The predicted molar refractivity (Wildman–Crippen MR) is 85.8 cm³/mol. The molecule has 0 fully saturated rings. The first kappa shape index (κ1) is 15.7. The molecule has 0 saturated heterocycles. The van der Waals surface area contributed by atoms with Crippen LogP contribution in [0.2, 0.25) is 0 Å². The van der Waals surface area contributed by atoms with Crippen molar-refractivity contribution in [3.8, 4) is 11.3 Å². The molecule has 0 saturated carbocycles. The number of hydrogen-bond donors (Lipinski definition) is 0. The van der Waals surface area contributed by atoms with Crippen molar-refractivity contribution < 1.29 is 14.3 Å². The molecule has 0 unspecified atom stereocenters. The molecule has 0 radical (unpaired) electrons. The lowest BCUT2D eigenvalue weighted by molar-refractivity contribution is -0.396. The second-order valence-electron chi connectivity index (χ2n) is 4.62. The van der Waals surface area contributed by atoms with Crippen molar-refractivity contribution in [2.24, 2.45) is 0 Å². The van der Waals surface area contributed by atoms with Gasteiger partial charge in [0.15, 0.2) is 5.76 Å². The highest BCUT2D eigenvalue weighted by Crippen LogP contribution is 2.37. The van der Waals surface area contributed by atoms with E-state index in [-0.39, 0.29) is 21.5 Å². The van der Waals surface area contributed by atoms with Crippen LogP contribution in [0.3, 0.4) is 0 Å². The van der Waals surface area contributed by atoms with E-state index in [9.17, 15) is 20.2 Å². The highest BCUT2D eigenvalue weighted by molar-refractivity contribution is 7.99. The minimum absolute atomic E-state index is 0.214. The summed E-state index contributed by atoms with van der Waals surface area (Å²) in [5, 5.41) is 22.1. The van der Waals surface area contributed by atoms with Gasteiger partial charge in [0, 0.05) is 11.6 Å². The lowest BCUT2D eigenvalue weighted by Gasteiger charge is -2.00. The van der Waals surface area contributed by atoms with Gasteiger partial charge >= 0.3 is 0 Å². The molecule has 0 amide bonds. The average Bonchev–Trinajstić information content (AvgIpc) is 3.04. The van der Waals surface area contributed by atoms with Crippen molar-refractivity contribution in [3.63, 3.8) is 0 Å². The topological polar surface area (TPSA) is 112 Å². The van der Waals surface area contributed by atoms with Crippen LogP contribution < -0.4 is 0 Å². The summed E-state index contributed by atoms with van der Waals surface area (Å²) >= 11 is 0.936. The zero-order chi connectivity index (χ0) is 17.1. The fourth-order valence-corrected chi connectivity index (χ4v) is 2.78. The maximum atomic E-state index is 11.1. The molecule has 0 spiro atoms. The second kappa shape index (κ2) is 6.50. The van der Waals surface area contributed by atoms with E-state index in [0.29, 0.717) is 5.76 Å². The van der Waals surface area contributed by atoms with Crippen molar-refractivity contribution in [1.29, 1.82) is 0 Å². The molecular weight excluding hydrogens is 334 g/mol. The predicted octanol–water partition coefficient (Wildman–Crippen LogP) is 4.31. The summed E-state index contributed by atoms with van der Waals surface area (Å²) in [5.74, 6) is 0.530. The Bertz CT molecular complexity index is 910. The molecule has 0 bridgehead atoms. The Balaban J connectivity index is 1.90. The van der Waals surface area contributed by atoms with E-state index in [1.807, 2.05) is 30.3 Å². The minimum atomic E-state index is -0.680. The molecule has 1 aromatic heterocycles. The number of rotatable bonds is 5. The van der Waals surface area contributed by atoms with Gasteiger partial charge < -0.3 is 4.42 Å². The Kier molecular flexibility index (Phi) is 4.25. The first-order chi connectivity index (χ1) is 11.5. The van der Waals surface area contributed by atoms with E-state index >= 15 is 0 Å². The summed E-state index contributed by atoms with van der Waals surface area (Å²) in [5.41, 5.74) is 0.118. The van der Waals surface area contributed by atoms with Crippen molar-refractivity contribution >= 4 is 23.1 Å². The lowest BCUT2D eigenvalue weighted by Crippen LogP contribution is -1.94. The van der Waals surface area contributed by atoms with Crippen LogP contribution in [0, 0.1) is 20.2 Å². The van der Waals surface area contributed by atoms with E-state index in [2.05, 4.69) is 4.98 Å². The molecule has 8 nitrogen and oxygen atoms in total. The molecule has 0 N–H and O–H groups in total. The zero-order valence-electron chi connectivity index (χ0n) is 12.0. The number of non-ortho nitro benzene ring substituents is 1. The van der Waals surface area contributed by atoms with Crippen LogP contribution in [0.15, 0.2) is 69.3 Å². The summed E-state index contributed by atoms with van der Waals surface area (Å²) in [6.45, 7) is 0. The summed E-state index contributed by atoms with van der Waals surface area (Å²) in [7, 11) is 0. The molecular formula is C15H9N3O5S. The smallest absolute Gasteiger partial charge is 0.290 e. The van der Waals surface area contributed by atoms with Crippen LogP contribution in [0.5, 0.6) is 0 Å². The van der Waals surface area contributed by atoms with Gasteiger partial charge in [0.2, 0.25) is 0 Å². The van der Waals surface area contributed by atoms with E-state index in [1.165, 1.54) is 18.3 Å². The van der Waals surface area contributed by atoms with Gasteiger partial charge in [-0.05, 0) is 17.8 Å². The van der Waals surface area contributed by atoms with Gasteiger partial charge in [-0.25, -0.2) is 4.98 Å². The van der Waals surface area contributed by atoms with Crippen LogP contribution in [0.25, 0.3) is 11.3 Å². The molecule has 0 aliphatic heterocycles. The van der Waals surface area contributed by atoms with Crippen LogP contribution in [-0.2, 0) is 0 Å². The van der Waals surface area contributed by atoms with Gasteiger partial charge in [-0.3, -0.25) is 20.2 Å². The Morgan fingerprint density at radius 1 is 1.00 bits per heavy atom. The standard InChI is InChI=1S/C15H9N3O5S/c19-17(20)11-6-7-14(12(8-11)18(21)22)24-15-16-9-13(23-15)10-4-2-1-3-5-10/h1-9H. The maximum Gasteiger partial charge on any atom is 0.290 e. The van der Waals surface area contributed by atoms with Gasteiger partial charge in [0.1, 0.15) is 0 Å². The normalized spacial score (nSPS) is 10.5. The van der Waals surface area contributed by atoms with Crippen molar-refractivity contribution in [2.75, 3.05) is 0 Å². The molecule has 9 heteroatoms. The first-order valence-corrected chi connectivity index (χ1v) is 7.48. The second-order valence-corrected chi connectivity index (χ2v) is 5.62. The van der Waals surface area contributed by atoms with Crippen LogP contribution >= 0.6 is 11.8 Å². The number of nitrogens with zero attached hydrogens (tertiary/aromatic N) is 3. The monoisotopic (exact) mass is 343 g/mol. The Hall–Kier alpha value is -3.20. The van der Waals surface area contributed by atoms with Gasteiger partial charge in [0.05, 0.1) is 27.0 Å². The van der Waals surface area contributed by atoms with Crippen LogP contribution in [-0.4, -0.2) is 14.8 Å². The Morgan fingerprint density at radius 3 is 2.42 bits per heavy atom. The number of benzene rings is 2. The summed E-state index contributed by atoms with van der Waals surface area (Å²) in [6, 6.07) is 12.7. The SMILES string of the molecule is O=[N+]([O-])c1ccc(Sc2ncc(-c3ccccc3)o2)c([N+](=O)[O-])c1. The van der Waals surface area contributed by atoms with Crippen molar-refractivity contribution in [1.82, 2.24) is 4.98 Å². The highest BCUT2D eigenvalue weighted by Gasteiger charge is 2.21. The van der Waals surface area contributed by atoms with Gasteiger partial charge in [-0.15, -0.1) is 0 Å². The molecule has 0 atom stereocenters. The number of nitro benzene ring substituents is 2. The van der Waals surface area contributed by atoms with Crippen LogP contribution in [0.4, 0.5) is 11.4 Å². The third kappa shape index (κ3) is 3.25. The minimum Gasteiger partial charge on any atom is -0.431 e. The third-order valence-corrected chi connectivity index (χ3v) is 4.02.